The normalized spacial score (nSPS) is 20.8. The third-order valence-corrected chi connectivity index (χ3v) is 7.62. The van der Waals surface area contributed by atoms with Crippen molar-refractivity contribution in [1.82, 2.24) is 19.5 Å². The first-order valence-electron chi connectivity index (χ1n) is 11.8. The van der Waals surface area contributed by atoms with Crippen molar-refractivity contribution in [3.05, 3.63) is 58.6 Å². The zero-order chi connectivity index (χ0) is 24.7. The fourth-order valence-electron chi connectivity index (χ4n) is 5.08. The Labute approximate surface area is 214 Å². The minimum Gasteiger partial charge on any atom is -0.382 e. The summed E-state index contributed by atoms with van der Waals surface area (Å²) in [4.78, 5) is 13.1. The van der Waals surface area contributed by atoms with Crippen LogP contribution in [-0.4, -0.2) is 38.5 Å². The number of nitrogens with two attached hydrogens (primary N) is 1. The number of rotatable bonds is 7. The lowest BCUT2D eigenvalue weighted by Crippen LogP contribution is -2.35. The maximum absolute atomic E-state index is 6.47. The molecule has 2 unspecified atom stereocenters. The number of ether oxygens (including phenoxy) is 2. The predicted molar refractivity (Wildman–Crippen MR) is 140 cm³/mol. The molecule has 1 aromatic carbocycles. The van der Waals surface area contributed by atoms with E-state index in [1.807, 2.05) is 32.2 Å². The second kappa shape index (κ2) is 9.54. The minimum atomic E-state index is -0.682. The summed E-state index contributed by atoms with van der Waals surface area (Å²) in [5.41, 5.74) is 8.84. The van der Waals surface area contributed by atoms with Crippen LogP contribution in [0.25, 0.3) is 21.9 Å². The third-order valence-electron chi connectivity index (χ3n) is 7.02. The van der Waals surface area contributed by atoms with Crippen molar-refractivity contribution >= 4 is 51.0 Å². The summed E-state index contributed by atoms with van der Waals surface area (Å²) in [6, 6.07) is 10.3. The van der Waals surface area contributed by atoms with E-state index in [0.717, 1.165) is 47.6 Å². The highest BCUT2D eigenvalue weighted by Gasteiger charge is 2.39. The van der Waals surface area contributed by atoms with E-state index in [2.05, 4.69) is 37.7 Å². The van der Waals surface area contributed by atoms with Crippen LogP contribution in [0.15, 0.2) is 42.9 Å². The molecule has 3 aromatic heterocycles. The van der Waals surface area contributed by atoms with E-state index in [-0.39, 0.29) is 12.1 Å². The maximum atomic E-state index is 6.47. The highest BCUT2D eigenvalue weighted by atomic mass is 35.5. The Kier molecular flexibility index (Phi) is 6.61. The standard InChI is InChI=1S/C26H29Cl2N5O2/c1-26(2,34-3)35-22-12-16(11-21(22)33-9-8-18-23(28)30-14-31-25(18)33)5-4-15-6-7-17-13-19(27)24(29)32-20(17)10-15/h6-10,13-14,16,21-22H,4-5,11-12H2,1-3H3,(H2,29,32)/t16?,21?,22-/m1/s1. The maximum Gasteiger partial charge on any atom is 0.162 e. The topological polar surface area (TPSA) is 88.1 Å². The number of nitrogens with zero attached hydrogens (tertiary/aromatic N) is 4. The Morgan fingerprint density at radius 3 is 2.77 bits per heavy atom. The van der Waals surface area contributed by atoms with Gasteiger partial charge in [-0.15, -0.1) is 0 Å². The van der Waals surface area contributed by atoms with Gasteiger partial charge in [0.2, 0.25) is 0 Å². The summed E-state index contributed by atoms with van der Waals surface area (Å²) in [5.74, 6) is 0.156. The van der Waals surface area contributed by atoms with Crippen LogP contribution in [0, 0.1) is 5.92 Å². The van der Waals surface area contributed by atoms with Crippen LogP contribution in [0.5, 0.6) is 0 Å². The molecule has 7 nitrogen and oxygen atoms in total. The van der Waals surface area contributed by atoms with E-state index < -0.39 is 5.79 Å². The average molecular weight is 514 g/mol. The van der Waals surface area contributed by atoms with Crippen LogP contribution in [0.2, 0.25) is 10.2 Å². The quantitative estimate of drug-likeness (QED) is 0.233. The van der Waals surface area contributed by atoms with Crippen LogP contribution in [0.4, 0.5) is 5.82 Å². The monoisotopic (exact) mass is 513 g/mol. The van der Waals surface area contributed by atoms with Gasteiger partial charge in [-0.1, -0.05) is 35.3 Å². The average Bonchev–Trinajstić information content (AvgIpc) is 3.42. The molecule has 0 bridgehead atoms. The highest BCUT2D eigenvalue weighted by molar-refractivity contribution is 6.34. The van der Waals surface area contributed by atoms with Crippen LogP contribution in [-0.2, 0) is 15.9 Å². The summed E-state index contributed by atoms with van der Waals surface area (Å²) in [7, 11) is 1.67. The van der Waals surface area contributed by atoms with Crippen LogP contribution in [0.3, 0.4) is 0 Å². The number of anilines is 1. The number of methoxy groups -OCH3 is 1. The fraction of sp³-hybridized carbons (Fsp3) is 0.423. The first kappa shape index (κ1) is 24.3. The van der Waals surface area contributed by atoms with E-state index in [9.17, 15) is 0 Å². The molecule has 0 radical (unpaired) electrons. The Hall–Kier alpha value is -2.45. The van der Waals surface area contributed by atoms with Crippen molar-refractivity contribution in [3.63, 3.8) is 0 Å². The van der Waals surface area contributed by atoms with E-state index in [0.29, 0.717) is 21.9 Å². The van der Waals surface area contributed by atoms with E-state index in [1.54, 1.807) is 7.11 Å². The predicted octanol–water partition coefficient (Wildman–Crippen LogP) is 6.22. The molecule has 0 saturated heterocycles. The van der Waals surface area contributed by atoms with Gasteiger partial charge in [0, 0.05) is 18.7 Å². The summed E-state index contributed by atoms with van der Waals surface area (Å²) >= 11 is 12.4. The Morgan fingerprint density at radius 1 is 1.14 bits per heavy atom. The number of nitrogen functional groups attached to an aromatic ring is 1. The second-order valence-corrected chi connectivity index (χ2v) is 10.5. The number of halogens is 2. The third kappa shape index (κ3) is 4.96. The summed E-state index contributed by atoms with van der Waals surface area (Å²) in [6.07, 6.45) is 7.43. The van der Waals surface area contributed by atoms with Gasteiger partial charge in [-0.2, -0.15) is 0 Å². The highest BCUT2D eigenvalue weighted by Crippen LogP contribution is 2.42. The lowest BCUT2D eigenvalue weighted by Gasteiger charge is -2.31. The minimum absolute atomic E-state index is 0.0144. The number of fused-ring (bicyclic) bond motifs is 2. The van der Waals surface area contributed by atoms with Gasteiger partial charge >= 0.3 is 0 Å². The molecule has 1 aliphatic rings. The second-order valence-electron chi connectivity index (χ2n) is 9.71. The van der Waals surface area contributed by atoms with E-state index in [4.69, 9.17) is 38.4 Å². The molecule has 35 heavy (non-hydrogen) atoms. The molecule has 184 valence electrons. The lowest BCUT2D eigenvalue weighted by atomic mass is 9.97. The molecule has 0 spiro atoms. The number of hydrogen-bond donors (Lipinski definition) is 1. The zero-order valence-corrected chi connectivity index (χ0v) is 21.6. The molecule has 1 fully saturated rings. The number of pyridine rings is 1. The molecule has 5 rings (SSSR count). The lowest BCUT2D eigenvalue weighted by molar-refractivity contribution is -0.228. The van der Waals surface area contributed by atoms with Crippen LogP contribution >= 0.6 is 23.2 Å². The Bertz CT molecular complexity index is 1370. The van der Waals surface area contributed by atoms with Crippen molar-refractivity contribution < 1.29 is 9.47 Å². The van der Waals surface area contributed by atoms with Crippen molar-refractivity contribution in [2.24, 2.45) is 5.92 Å². The molecule has 2 N–H and O–H groups in total. The molecule has 9 heteroatoms. The van der Waals surface area contributed by atoms with Gasteiger partial charge in [-0.05, 0) is 69.2 Å². The van der Waals surface area contributed by atoms with Gasteiger partial charge in [0.1, 0.15) is 22.9 Å². The zero-order valence-electron chi connectivity index (χ0n) is 20.0. The molecular formula is C26H29Cl2N5O2. The van der Waals surface area contributed by atoms with Gasteiger partial charge in [-0.25, -0.2) is 15.0 Å². The fourth-order valence-corrected chi connectivity index (χ4v) is 5.43. The van der Waals surface area contributed by atoms with E-state index in [1.165, 1.54) is 11.9 Å². The van der Waals surface area contributed by atoms with Crippen LogP contribution < -0.4 is 5.73 Å². The van der Waals surface area contributed by atoms with E-state index >= 15 is 0 Å². The van der Waals surface area contributed by atoms with Gasteiger partial charge in [0.05, 0.1) is 28.1 Å². The van der Waals surface area contributed by atoms with Crippen molar-refractivity contribution in [3.8, 4) is 0 Å². The summed E-state index contributed by atoms with van der Waals surface area (Å²) in [6.45, 7) is 3.90. The molecule has 1 aliphatic carbocycles. The molecule has 0 amide bonds. The molecule has 0 aliphatic heterocycles. The number of aromatic nitrogens is 4. The number of aryl methyl sites for hydroxylation is 1. The first-order chi connectivity index (χ1) is 16.7. The van der Waals surface area contributed by atoms with Gasteiger partial charge in [0.15, 0.2) is 5.79 Å². The van der Waals surface area contributed by atoms with Crippen molar-refractivity contribution in [2.45, 2.75) is 57.5 Å². The molecule has 3 heterocycles. The molecule has 1 saturated carbocycles. The van der Waals surface area contributed by atoms with Crippen molar-refractivity contribution in [2.75, 3.05) is 12.8 Å². The molecule has 3 atom stereocenters. The van der Waals surface area contributed by atoms with Gasteiger partial charge in [-0.3, -0.25) is 0 Å². The summed E-state index contributed by atoms with van der Waals surface area (Å²) < 4.78 is 14.2. The Balaban J connectivity index is 1.37. The largest absolute Gasteiger partial charge is 0.382 e. The number of benzene rings is 1. The smallest absolute Gasteiger partial charge is 0.162 e. The van der Waals surface area contributed by atoms with Gasteiger partial charge in [0.25, 0.3) is 0 Å². The van der Waals surface area contributed by atoms with Crippen molar-refractivity contribution in [1.29, 1.82) is 0 Å². The Morgan fingerprint density at radius 2 is 1.97 bits per heavy atom. The number of hydrogen-bond acceptors (Lipinski definition) is 6. The van der Waals surface area contributed by atoms with Crippen LogP contribution in [0.1, 0.15) is 44.7 Å². The van der Waals surface area contributed by atoms with Gasteiger partial charge < -0.3 is 19.8 Å². The summed E-state index contributed by atoms with van der Waals surface area (Å²) in [5, 5.41) is 2.79. The SMILES string of the molecule is COC(C)(C)O[C@@H]1CC(CCc2ccc3cc(Cl)c(N)nc3c2)CC1n1ccc2c(Cl)ncnc21. The molecular weight excluding hydrogens is 485 g/mol. The first-order valence-corrected chi connectivity index (χ1v) is 12.5. The molecule has 4 aromatic rings.